The van der Waals surface area contributed by atoms with Crippen LogP contribution in [0.3, 0.4) is 0 Å². The van der Waals surface area contributed by atoms with Crippen molar-refractivity contribution in [3.05, 3.63) is 21.9 Å². The molecule has 0 aliphatic heterocycles. The van der Waals surface area contributed by atoms with Crippen LogP contribution in [-0.2, 0) is 11.3 Å². The van der Waals surface area contributed by atoms with Crippen LogP contribution in [-0.4, -0.2) is 43.4 Å². The molecule has 100 valence electrons. The lowest BCUT2D eigenvalue weighted by atomic mass is 10.3. The highest BCUT2D eigenvalue weighted by Crippen LogP contribution is 2.17. The molecule has 1 aromatic rings. The first-order valence-electron chi connectivity index (χ1n) is 6.19. The normalized spacial score (nSPS) is 10.4. The number of aliphatic hydroxyl groups is 1. The predicted molar refractivity (Wildman–Crippen MR) is 75.7 cm³/mol. The highest BCUT2D eigenvalue weighted by atomic mass is 32.1. The van der Waals surface area contributed by atoms with Crippen molar-refractivity contribution in [2.45, 2.75) is 19.9 Å². The van der Waals surface area contributed by atoms with Crippen LogP contribution in [0.1, 0.15) is 23.1 Å². The van der Waals surface area contributed by atoms with Crippen molar-refractivity contribution in [2.75, 3.05) is 33.4 Å². The summed E-state index contributed by atoms with van der Waals surface area (Å²) in [5.74, 6) is 6.01. The van der Waals surface area contributed by atoms with E-state index in [-0.39, 0.29) is 6.61 Å². The Balaban J connectivity index is 2.49. The second-order valence-corrected chi connectivity index (χ2v) is 5.07. The Morgan fingerprint density at radius 2 is 2.28 bits per heavy atom. The number of thiophene rings is 1. The number of nitrogens with zero attached hydrogens (tertiary/aromatic N) is 1. The van der Waals surface area contributed by atoms with Gasteiger partial charge in [-0.1, -0.05) is 18.8 Å². The van der Waals surface area contributed by atoms with Crippen LogP contribution < -0.4 is 0 Å². The maximum Gasteiger partial charge on any atom is 0.0771 e. The predicted octanol–water partition coefficient (Wildman–Crippen LogP) is 1.95. The Hall–Kier alpha value is -0.860. The second-order valence-electron chi connectivity index (χ2n) is 3.90. The molecule has 0 unspecified atom stereocenters. The number of methoxy groups -OCH3 is 1. The molecule has 0 amide bonds. The van der Waals surface area contributed by atoms with Gasteiger partial charge in [-0.25, -0.2) is 0 Å². The van der Waals surface area contributed by atoms with E-state index in [1.165, 1.54) is 4.88 Å². The van der Waals surface area contributed by atoms with E-state index in [9.17, 15) is 0 Å². The maximum atomic E-state index is 8.67. The van der Waals surface area contributed by atoms with Crippen LogP contribution in [0.25, 0.3) is 0 Å². The number of hydrogen-bond acceptors (Lipinski definition) is 4. The van der Waals surface area contributed by atoms with Gasteiger partial charge in [-0.2, -0.15) is 0 Å². The molecule has 0 aromatic carbocycles. The topological polar surface area (TPSA) is 32.7 Å². The van der Waals surface area contributed by atoms with E-state index in [1.807, 2.05) is 0 Å². The minimum absolute atomic E-state index is 0.131. The summed E-state index contributed by atoms with van der Waals surface area (Å²) >= 11 is 1.72. The molecule has 0 fully saturated rings. The van der Waals surface area contributed by atoms with Gasteiger partial charge in [-0.3, -0.25) is 4.90 Å². The van der Waals surface area contributed by atoms with Crippen molar-refractivity contribution in [1.82, 2.24) is 4.90 Å². The molecule has 0 atom stereocenters. The fraction of sp³-hybridized carbons (Fsp3) is 0.571. The molecule has 0 bridgehead atoms. The number of hydrogen-bond donors (Lipinski definition) is 1. The molecular weight excluding hydrogens is 246 g/mol. The maximum absolute atomic E-state index is 8.67. The van der Waals surface area contributed by atoms with Gasteiger partial charge in [-0.15, -0.1) is 11.3 Å². The van der Waals surface area contributed by atoms with Crippen molar-refractivity contribution >= 4 is 11.3 Å². The molecule has 0 radical (unpaired) electrons. The van der Waals surface area contributed by atoms with Gasteiger partial charge in [-0.05, 0) is 18.7 Å². The van der Waals surface area contributed by atoms with E-state index < -0.39 is 0 Å². The van der Waals surface area contributed by atoms with Gasteiger partial charge in [0.05, 0.1) is 18.1 Å². The zero-order valence-corrected chi connectivity index (χ0v) is 11.9. The molecule has 0 spiro atoms. The van der Waals surface area contributed by atoms with E-state index in [0.717, 1.165) is 31.1 Å². The zero-order valence-electron chi connectivity index (χ0n) is 11.1. The molecule has 1 rings (SSSR count). The minimum Gasteiger partial charge on any atom is -0.395 e. The fourth-order valence-electron chi connectivity index (χ4n) is 1.53. The van der Waals surface area contributed by atoms with Crippen molar-refractivity contribution in [1.29, 1.82) is 0 Å². The third-order valence-electron chi connectivity index (χ3n) is 2.55. The van der Waals surface area contributed by atoms with Crippen molar-refractivity contribution < 1.29 is 9.84 Å². The third-order valence-corrected chi connectivity index (χ3v) is 3.53. The van der Waals surface area contributed by atoms with Gasteiger partial charge in [0, 0.05) is 31.5 Å². The smallest absolute Gasteiger partial charge is 0.0771 e. The first-order valence-corrected chi connectivity index (χ1v) is 7.01. The van der Waals surface area contributed by atoms with Crippen LogP contribution in [0, 0.1) is 11.8 Å². The standard InChI is InChI=1S/C14H21NO2S/c1-3-15(9-11-17-2)12-14-8-7-13(18-14)6-4-5-10-16/h7-8,16H,3,5,9-12H2,1-2H3. The molecule has 0 aliphatic rings. The Bertz CT molecular complexity index is 392. The highest BCUT2D eigenvalue weighted by Gasteiger charge is 2.05. The first kappa shape index (κ1) is 15.2. The Morgan fingerprint density at radius 1 is 1.44 bits per heavy atom. The average Bonchev–Trinajstić information content (AvgIpc) is 2.82. The van der Waals surface area contributed by atoms with Gasteiger partial charge < -0.3 is 9.84 Å². The highest BCUT2D eigenvalue weighted by molar-refractivity contribution is 7.12. The SMILES string of the molecule is CCN(CCOC)Cc1ccc(C#CCCO)s1. The van der Waals surface area contributed by atoms with Crippen LogP contribution in [0.2, 0.25) is 0 Å². The van der Waals surface area contributed by atoms with Crippen molar-refractivity contribution in [3.8, 4) is 11.8 Å². The summed E-state index contributed by atoms with van der Waals surface area (Å²) in [6, 6.07) is 4.18. The summed E-state index contributed by atoms with van der Waals surface area (Å²) < 4.78 is 5.10. The molecule has 1 heterocycles. The summed E-state index contributed by atoms with van der Waals surface area (Å²) in [6.45, 7) is 5.98. The number of likely N-dealkylation sites (N-methyl/N-ethyl adjacent to an activating group) is 1. The van der Waals surface area contributed by atoms with Crippen LogP contribution in [0.4, 0.5) is 0 Å². The van der Waals surface area contributed by atoms with Crippen molar-refractivity contribution in [2.24, 2.45) is 0 Å². The van der Waals surface area contributed by atoms with E-state index in [1.54, 1.807) is 18.4 Å². The molecule has 4 heteroatoms. The molecule has 0 saturated heterocycles. The first-order chi connectivity index (χ1) is 8.80. The quantitative estimate of drug-likeness (QED) is 0.767. The summed E-state index contributed by atoms with van der Waals surface area (Å²) in [5.41, 5.74) is 0. The molecule has 18 heavy (non-hydrogen) atoms. The Morgan fingerprint density at radius 3 is 2.94 bits per heavy atom. The van der Waals surface area contributed by atoms with Crippen LogP contribution in [0.15, 0.2) is 12.1 Å². The lowest BCUT2D eigenvalue weighted by Gasteiger charge is -2.18. The fourth-order valence-corrected chi connectivity index (χ4v) is 2.45. The molecule has 3 nitrogen and oxygen atoms in total. The van der Waals surface area contributed by atoms with Gasteiger partial charge in [0.25, 0.3) is 0 Å². The largest absolute Gasteiger partial charge is 0.395 e. The monoisotopic (exact) mass is 267 g/mol. The van der Waals surface area contributed by atoms with Gasteiger partial charge >= 0.3 is 0 Å². The third kappa shape index (κ3) is 5.65. The number of aliphatic hydroxyl groups excluding tert-OH is 1. The van der Waals surface area contributed by atoms with E-state index in [4.69, 9.17) is 9.84 Å². The molecular formula is C14H21NO2S. The van der Waals surface area contributed by atoms with Crippen molar-refractivity contribution in [3.63, 3.8) is 0 Å². The molecule has 1 aromatic heterocycles. The summed E-state index contributed by atoms with van der Waals surface area (Å²) in [5, 5.41) is 8.67. The zero-order chi connectivity index (χ0) is 13.2. The Labute approximate surface area is 113 Å². The Kier molecular flexibility index (Phi) is 7.70. The summed E-state index contributed by atoms with van der Waals surface area (Å²) in [4.78, 5) is 4.74. The van der Waals surface area contributed by atoms with E-state index in [0.29, 0.717) is 6.42 Å². The van der Waals surface area contributed by atoms with Crippen LogP contribution in [0.5, 0.6) is 0 Å². The molecule has 1 N–H and O–H groups in total. The molecule has 0 saturated carbocycles. The lowest BCUT2D eigenvalue weighted by Crippen LogP contribution is -2.26. The van der Waals surface area contributed by atoms with E-state index >= 15 is 0 Å². The number of rotatable bonds is 7. The minimum atomic E-state index is 0.131. The summed E-state index contributed by atoms with van der Waals surface area (Å²) in [7, 11) is 1.73. The average molecular weight is 267 g/mol. The van der Waals surface area contributed by atoms with Gasteiger partial charge in [0.15, 0.2) is 0 Å². The lowest BCUT2D eigenvalue weighted by molar-refractivity contribution is 0.148. The van der Waals surface area contributed by atoms with Gasteiger partial charge in [0.2, 0.25) is 0 Å². The summed E-state index contributed by atoms with van der Waals surface area (Å²) in [6.07, 6.45) is 0.544. The number of ether oxygens (including phenoxy) is 1. The molecule has 0 aliphatic carbocycles. The van der Waals surface area contributed by atoms with E-state index in [2.05, 4.69) is 35.8 Å². The second kappa shape index (κ2) is 9.12. The van der Waals surface area contributed by atoms with Gasteiger partial charge in [0.1, 0.15) is 0 Å². The van der Waals surface area contributed by atoms with Crippen LogP contribution >= 0.6 is 11.3 Å².